The maximum absolute atomic E-state index is 4.28. The molecule has 0 aliphatic heterocycles. The maximum Gasteiger partial charge on any atom is 0.318 e. The molecule has 0 aliphatic rings. The van der Waals surface area contributed by atoms with Crippen LogP contribution in [0.4, 0.5) is 16.5 Å². The Morgan fingerprint density at radius 1 is 1.12 bits per heavy atom. The van der Waals surface area contributed by atoms with E-state index in [1.54, 1.807) is 11.3 Å². The number of thiazole rings is 1. The SMILES string of the molecule is Cn1cc(Br)s[c+]1N=Nc1ccc(NCc2ccccc2)cc1.[Cl-]. The number of hydrogen-bond donors (Lipinski definition) is 1. The van der Waals surface area contributed by atoms with Gasteiger partial charge in [-0.1, -0.05) is 35.4 Å². The van der Waals surface area contributed by atoms with Crippen molar-refractivity contribution in [3.8, 4) is 0 Å². The third-order valence-electron chi connectivity index (χ3n) is 3.24. The van der Waals surface area contributed by atoms with E-state index in [2.05, 4.69) is 43.6 Å². The molecule has 1 heterocycles. The van der Waals surface area contributed by atoms with Gasteiger partial charge in [0.1, 0.15) is 0 Å². The molecule has 0 fully saturated rings. The van der Waals surface area contributed by atoms with Crippen molar-refractivity contribution in [1.29, 1.82) is 0 Å². The number of halogens is 2. The van der Waals surface area contributed by atoms with E-state index in [4.69, 9.17) is 0 Å². The molecular formula is C17H16BrClN4S. The Morgan fingerprint density at radius 2 is 1.83 bits per heavy atom. The van der Waals surface area contributed by atoms with Crippen molar-refractivity contribution in [2.45, 2.75) is 6.54 Å². The summed E-state index contributed by atoms with van der Waals surface area (Å²) in [6, 6.07) is 18.3. The molecule has 1 N–H and O–H groups in total. The zero-order valence-electron chi connectivity index (χ0n) is 13.0. The normalized spacial score (nSPS) is 10.6. The summed E-state index contributed by atoms with van der Waals surface area (Å²) < 4.78 is 2.98. The van der Waals surface area contributed by atoms with Crippen LogP contribution in [0.5, 0.6) is 0 Å². The van der Waals surface area contributed by atoms with Crippen molar-refractivity contribution >= 4 is 43.8 Å². The van der Waals surface area contributed by atoms with Crippen LogP contribution in [0.1, 0.15) is 5.56 Å². The molecule has 3 rings (SSSR count). The molecule has 0 radical (unpaired) electrons. The van der Waals surface area contributed by atoms with E-state index in [-0.39, 0.29) is 12.4 Å². The summed E-state index contributed by atoms with van der Waals surface area (Å²) >= 11 is 4.99. The molecule has 0 aliphatic carbocycles. The number of rotatable bonds is 5. The van der Waals surface area contributed by atoms with Crippen molar-refractivity contribution in [2.24, 2.45) is 17.3 Å². The molecule has 3 aromatic rings. The third-order valence-corrected chi connectivity index (χ3v) is 4.79. The topological polar surface area (TPSA) is 41.7 Å². The fourth-order valence-electron chi connectivity index (χ4n) is 2.03. The highest BCUT2D eigenvalue weighted by atomic mass is 79.9. The second kappa shape index (κ2) is 8.92. The van der Waals surface area contributed by atoms with E-state index in [0.717, 1.165) is 26.8 Å². The zero-order valence-corrected chi connectivity index (χ0v) is 16.1. The second-order valence-corrected chi connectivity index (χ2v) is 7.40. The van der Waals surface area contributed by atoms with Gasteiger partial charge in [0.2, 0.25) is 3.79 Å². The fraction of sp³-hybridized carbons (Fsp3) is 0.118. The molecule has 0 spiro atoms. The summed E-state index contributed by atoms with van der Waals surface area (Å²) in [5.74, 6) is 0. The summed E-state index contributed by atoms with van der Waals surface area (Å²) in [5, 5.41) is 12.8. The Hall–Kier alpha value is -1.76. The van der Waals surface area contributed by atoms with E-state index in [0.29, 0.717) is 0 Å². The van der Waals surface area contributed by atoms with Crippen LogP contribution in [0, 0.1) is 0 Å². The van der Waals surface area contributed by atoms with Gasteiger partial charge in [-0.15, -0.1) is 5.11 Å². The summed E-state index contributed by atoms with van der Waals surface area (Å²) in [4.78, 5) is 0. The minimum absolute atomic E-state index is 0. The van der Waals surface area contributed by atoms with Gasteiger partial charge in [-0.05, 0) is 29.8 Å². The van der Waals surface area contributed by atoms with Crippen molar-refractivity contribution in [3.05, 3.63) is 70.1 Å². The first kappa shape index (κ1) is 18.6. The largest absolute Gasteiger partial charge is 1.00 e. The maximum atomic E-state index is 4.28. The van der Waals surface area contributed by atoms with Gasteiger partial charge in [-0.2, -0.15) is 0 Å². The predicted molar refractivity (Wildman–Crippen MR) is 99.8 cm³/mol. The highest BCUT2D eigenvalue weighted by Crippen LogP contribution is 2.30. The van der Waals surface area contributed by atoms with E-state index in [9.17, 15) is 0 Å². The van der Waals surface area contributed by atoms with Gasteiger partial charge >= 0.3 is 5.13 Å². The molecule has 0 amide bonds. The lowest BCUT2D eigenvalue weighted by molar-refractivity contribution is -0.00000451. The average Bonchev–Trinajstić information content (AvgIpc) is 2.90. The lowest BCUT2D eigenvalue weighted by atomic mass is 10.2. The van der Waals surface area contributed by atoms with Crippen molar-refractivity contribution in [2.75, 3.05) is 5.32 Å². The van der Waals surface area contributed by atoms with Crippen molar-refractivity contribution in [1.82, 2.24) is 4.57 Å². The number of benzene rings is 2. The minimum atomic E-state index is 0. The Morgan fingerprint density at radius 3 is 2.46 bits per heavy atom. The van der Waals surface area contributed by atoms with E-state index < -0.39 is 0 Å². The summed E-state index contributed by atoms with van der Waals surface area (Å²) in [5.41, 5.74) is 3.16. The van der Waals surface area contributed by atoms with E-state index in [1.807, 2.05) is 60.3 Å². The molecule has 0 unspecified atom stereocenters. The van der Waals surface area contributed by atoms with Gasteiger partial charge in [0.25, 0.3) is 0 Å². The Balaban J connectivity index is 0.00000208. The molecule has 7 heteroatoms. The van der Waals surface area contributed by atoms with Gasteiger partial charge in [0.05, 0.1) is 33.0 Å². The minimum Gasteiger partial charge on any atom is -1.00 e. The van der Waals surface area contributed by atoms with Gasteiger partial charge in [-0.3, -0.25) is 0 Å². The average molecular weight is 424 g/mol. The zero-order chi connectivity index (χ0) is 16.1. The number of nitrogens with one attached hydrogen (secondary N) is 1. The van der Waals surface area contributed by atoms with Gasteiger partial charge in [-0.25, -0.2) is 4.57 Å². The first-order valence-electron chi connectivity index (χ1n) is 7.15. The monoisotopic (exact) mass is 422 g/mol. The molecule has 1 aromatic heterocycles. The van der Waals surface area contributed by atoms with Crippen LogP contribution in [-0.4, -0.2) is 4.57 Å². The highest BCUT2D eigenvalue weighted by molar-refractivity contribution is 9.11. The number of hydrogen-bond acceptors (Lipinski definition) is 4. The first-order valence-corrected chi connectivity index (χ1v) is 8.76. The van der Waals surface area contributed by atoms with Crippen LogP contribution >= 0.6 is 27.3 Å². The van der Waals surface area contributed by atoms with Gasteiger partial charge in [0, 0.05) is 19.3 Å². The number of aromatic nitrogens is 1. The molecule has 2 aromatic carbocycles. The standard InChI is InChI=1S/C17H16BrN4S.ClH/c1-22-12-16(18)23-17(22)21-20-15-9-7-14(8-10-15)19-11-13-5-3-2-4-6-13;/h2-10,12,19H,11H2,1H3;1H/q+1;/p-1. The smallest absolute Gasteiger partial charge is 0.318 e. The van der Waals surface area contributed by atoms with Crippen LogP contribution in [0.25, 0.3) is 0 Å². The number of aryl methyl sites for hydroxylation is 1. The summed E-state index contributed by atoms with van der Waals surface area (Å²) in [6.45, 7) is 0.806. The van der Waals surface area contributed by atoms with Crippen LogP contribution in [0.15, 0.2) is 74.8 Å². The lowest BCUT2D eigenvalue weighted by Gasteiger charge is -2.06. The lowest BCUT2D eigenvalue weighted by Crippen LogP contribution is -3.00. The molecule has 0 saturated carbocycles. The third kappa shape index (κ3) is 5.12. The molecule has 124 valence electrons. The Labute approximate surface area is 159 Å². The quantitative estimate of drug-likeness (QED) is 0.497. The Bertz CT molecular complexity index is 803. The molecule has 4 nitrogen and oxygen atoms in total. The van der Waals surface area contributed by atoms with E-state index >= 15 is 0 Å². The number of anilines is 1. The molecule has 24 heavy (non-hydrogen) atoms. The molecule has 0 saturated heterocycles. The van der Waals surface area contributed by atoms with Crippen LogP contribution in [0.2, 0.25) is 0 Å². The van der Waals surface area contributed by atoms with Crippen LogP contribution in [-0.2, 0) is 13.6 Å². The predicted octanol–water partition coefficient (Wildman–Crippen LogP) is 3.16. The molecule has 0 atom stereocenters. The van der Waals surface area contributed by atoms with E-state index in [1.165, 1.54) is 5.56 Å². The Kier molecular flexibility index (Phi) is 6.90. The van der Waals surface area contributed by atoms with Crippen molar-refractivity contribution in [3.63, 3.8) is 0 Å². The number of azo groups is 1. The first-order chi connectivity index (χ1) is 11.2. The van der Waals surface area contributed by atoms with Gasteiger partial charge < -0.3 is 17.7 Å². The molecule has 0 bridgehead atoms. The summed E-state index contributed by atoms with van der Waals surface area (Å²) in [6.07, 6.45) is 1.97. The fourth-order valence-corrected chi connectivity index (χ4v) is 3.44. The van der Waals surface area contributed by atoms with Crippen LogP contribution < -0.4 is 17.7 Å². The summed E-state index contributed by atoms with van der Waals surface area (Å²) in [7, 11) is 1.95. The second-order valence-electron chi connectivity index (χ2n) is 5.01. The number of nitrogens with zero attached hydrogens (tertiary/aromatic N) is 3. The van der Waals surface area contributed by atoms with Crippen LogP contribution in [0.3, 0.4) is 0 Å². The van der Waals surface area contributed by atoms with Crippen molar-refractivity contribution < 1.29 is 12.4 Å². The molecular weight excluding hydrogens is 408 g/mol. The van der Waals surface area contributed by atoms with Gasteiger partial charge in [0.15, 0.2) is 6.20 Å². The highest BCUT2D eigenvalue weighted by Gasteiger charge is 2.11.